The summed E-state index contributed by atoms with van der Waals surface area (Å²) in [5.41, 5.74) is 0.227. The Morgan fingerprint density at radius 2 is 1.91 bits per heavy atom. The zero-order valence-electron chi connectivity index (χ0n) is 12.3. The summed E-state index contributed by atoms with van der Waals surface area (Å²) in [5.74, 6) is 0.668. The van der Waals surface area contributed by atoms with E-state index in [1.54, 1.807) is 6.07 Å². The summed E-state index contributed by atoms with van der Waals surface area (Å²) >= 11 is 3.47. The van der Waals surface area contributed by atoms with Crippen LogP contribution in [0.3, 0.4) is 0 Å². The molecule has 0 aromatic heterocycles. The van der Waals surface area contributed by atoms with Crippen molar-refractivity contribution in [2.24, 2.45) is 5.92 Å². The van der Waals surface area contributed by atoms with Crippen LogP contribution in [0.5, 0.6) is 0 Å². The highest BCUT2D eigenvalue weighted by atomic mass is 79.9. The number of halogens is 4. The largest absolute Gasteiger partial charge is 0.416 e. The van der Waals surface area contributed by atoms with Crippen molar-refractivity contribution >= 4 is 15.9 Å². The van der Waals surface area contributed by atoms with Gasteiger partial charge in [-0.3, -0.25) is 4.90 Å². The molecule has 1 aromatic rings. The molecule has 0 unspecified atom stereocenters. The predicted octanol–water partition coefficient (Wildman–Crippen LogP) is 4.21. The third-order valence-electron chi connectivity index (χ3n) is 4.53. The van der Waals surface area contributed by atoms with Crippen LogP contribution in [-0.2, 0) is 6.18 Å². The van der Waals surface area contributed by atoms with Gasteiger partial charge in [-0.2, -0.15) is 13.2 Å². The zero-order valence-corrected chi connectivity index (χ0v) is 13.9. The van der Waals surface area contributed by atoms with Gasteiger partial charge in [0, 0.05) is 36.7 Å². The van der Waals surface area contributed by atoms with Crippen molar-refractivity contribution in [3.8, 4) is 0 Å². The Morgan fingerprint density at radius 1 is 1.23 bits per heavy atom. The maximum absolute atomic E-state index is 13.0. The van der Waals surface area contributed by atoms with Gasteiger partial charge in [0.2, 0.25) is 0 Å². The van der Waals surface area contributed by atoms with Crippen LogP contribution >= 0.6 is 15.9 Å². The van der Waals surface area contributed by atoms with Crippen LogP contribution in [0.4, 0.5) is 13.2 Å². The van der Waals surface area contributed by atoms with Crippen molar-refractivity contribution in [3.05, 3.63) is 33.8 Å². The van der Waals surface area contributed by atoms with E-state index in [1.807, 2.05) is 0 Å². The fourth-order valence-electron chi connectivity index (χ4n) is 3.11. The van der Waals surface area contributed by atoms with Gasteiger partial charge in [-0.1, -0.05) is 28.8 Å². The Hall–Kier alpha value is -0.590. The van der Waals surface area contributed by atoms with Gasteiger partial charge in [0.25, 0.3) is 0 Å². The molecule has 2 nitrogen and oxygen atoms in total. The average Bonchev–Trinajstić information content (AvgIpc) is 3.29. The van der Waals surface area contributed by atoms with Crippen LogP contribution in [0.15, 0.2) is 22.7 Å². The second-order valence-corrected chi connectivity index (χ2v) is 7.07. The standard InChI is InChI=1S/C16H20BrF3N2/c17-14-4-3-12(16(18,19)20)10-13(14)15(9-11-1-2-11)22-7-5-21-6-8-22/h3-4,10-11,15,21H,1-2,5-9H2/t15-/m0/s1. The van der Waals surface area contributed by atoms with E-state index in [9.17, 15) is 13.2 Å². The van der Waals surface area contributed by atoms with Crippen LogP contribution in [0.2, 0.25) is 0 Å². The van der Waals surface area contributed by atoms with E-state index in [4.69, 9.17) is 0 Å². The van der Waals surface area contributed by atoms with Crippen molar-refractivity contribution in [2.75, 3.05) is 26.2 Å². The highest BCUT2D eigenvalue weighted by Gasteiger charge is 2.35. The monoisotopic (exact) mass is 376 g/mol. The van der Waals surface area contributed by atoms with E-state index < -0.39 is 11.7 Å². The summed E-state index contributed by atoms with van der Waals surface area (Å²) in [5, 5.41) is 3.31. The first kappa shape index (κ1) is 16.3. The summed E-state index contributed by atoms with van der Waals surface area (Å²) < 4.78 is 39.9. The van der Waals surface area contributed by atoms with Gasteiger partial charge in [0.1, 0.15) is 0 Å². The van der Waals surface area contributed by atoms with Gasteiger partial charge in [-0.05, 0) is 36.1 Å². The number of nitrogens with zero attached hydrogens (tertiary/aromatic N) is 1. The summed E-state index contributed by atoms with van der Waals surface area (Å²) in [6, 6.07) is 4.10. The molecule has 3 rings (SSSR count). The molecule has 2 aliphatic rings. The van der Waals surface area contributed by atoms with Crippen molar-refractivity contribution in [1.29, 1.82) is 0 Å². The van der Waals surface area contributed by atoms with E-state index in [0.717, 1.165) is 48.7 Å². The summed E-state index contributed by atoms with van der Waals surface area (Å²) in [6.45, 7) is 3.58. The maximum atomic E-state index is 13.0. The molecule has 22 heavy (non-hydrogen) atoms. The van der Waals surface area contributed by atoms with E-state index in [-0.39, 0.29) is 6.04 Å². The van der Waals surface area contributed by atoms with Crippen LogP contribution in [0.1, 0.15) is 36.4 Å². The summed E-state index contributed by atoms with van der Waals surface area (Å²) in [6.07, 6.45) is -0.915. The quantitative estimate of drug-likeness (QED) is 0.846. The highest BCUT2D eigenvalue weighted by Crippen LogP contribution is 2.43. The van der Waals surface area contributed by atoms with Crippen molar-refractivity contribution in [3.63, 3.8) is 0 Å². The molecule has 2 fully saturated rings. The van der Waals surface area contributed by atoms with Crippen molar-refractivity contribution < 1.29 is 13.2 Å². The van der Waals surface area contributed by atoms with Crippen molar-refractivity contribution in [2.45, 2.75) is 31.5 Å². The fraction of sp³-hybridized carbons (Fsp3) is 0.625. The highest BCUT2D eigenvalue weighted by molar-refractivity contribution is 9.10. The number of benzene rings is 1. The average molecular weight is 377 g/mol. The third-order valence-corrected chi connectivity index (χ3v) is 5.25. The number of piperazine rings is 1. The second kappa shape index (κ2) is 6.49. The molecule has 0 radical (unpaired) electrons. The Bertz CT molecular complexity index is 523. The summed E-state index contributed by atoms with van der Waals surface area (Å²) in [4.78, 5) is 2.33. The minimum atomic E-state index is -4.29. The van der Waals surface area contributed by atoms with E-state index in [2.05, 4.69) is 26.1 Å². The lowest BCUT2D eigenvalue weighted by Crippen LogP contribution is -2.45. The molecule has 0 amide bonds. The van der Waals surface area contributed by atoms with Crippen molar-refractivity contribution in [1.82, 2.24) is 10.2 Å². The van der Waals surface area contributed by atoms with Gasteiger partial charge in [-0.15, -0.1) is 0 Å². The zero-order chi connectivity index (χ0) is 15.7. The van der Waals surface area contributed by atoms with Crippen LogP contribution in [0, 0.1) is 5.92 Å². The molecule has 0 spiro atoms. The van der Waals surface area contributed by atoms with Gasteiger partial charge in [0.15, 0.2) is 0 Å². The number of hydrogen-bond acceptors (Lipinski definition) is 2. The Kier molecular flexibility index (Phi) is 4.80. The molecule has 1 atom stereocenters. The number of hydrogen-bond donors (Lipinski definition) is 1. The molecule has 1 aliphatic heterocycles. The number of nitrogens with one attached hydrogen (secondary N) is 1. The van der Waals surface area contributed by atoms with Crippen LogP contribution < -0.4 is 5.32 Å². The van der Waals surface area contributed by atoms with Gasteiger partial charge in [-0.25, -0.2) is 0 Å². The Labute approximate surface area is 137 Å². The third kappa shape index (κ3) is 3.84. The molecule has 0 bridgehead atoms. The minimum absolute atomic E-state index is 0.0753. The first-order valence-corrected chi connectivity index (χ1v) is 8.56. The van der Waals surface area contributed by atoms with E-state index >= 15 is 0 Å². The van der Waals surface area contributed by atoms with Gasteiger partial charge in [0.05, 0.1) is 5.56 Å². The lowest BCUT2D eigenvalue weighted by atomic mass is 9.97. The normalized spacial score (nSPS) is 21.8. The SMILES string of the molecule is FC(F)(F)c1ccc(Br)c([C@H](CC2CC2)N2CCNCC2)c1. The topological polar surface area (TPSA) is 15.3 Å². The first-order valence-electron chi connectivity index (χ1n) is 7.76. The Balaban J connectivity index is 1.91. The molecular weight excluding hydrogens is 357 g/mol. The minimum Gasteiger partial charge on any atom is -0.314 e. The molecule has 1 N–H and O–H groups in total. The molecule has 1 aromatic carbocycles. The van der Waals surface area contributed by atoms with E-state index in [1.165, 1.54) is 18.9 Å². The van der Waals surface area contributed by atoms with E-state index in [0.29, 0.717) is 5.92 Å². The lowest BCUT2D eigenvalue weighted by Gasteiger charge is -2.36. The molecule has 122 valence electrons. The number of alkyl halides is 3. The van der Waals surface area contributed by atoms with Crippen LogP contribution in [0.25, 0.3) is 0 Å². The molecule has 1 aliphatic carbocycles. The van der Waals surface area contributed by atoms with Gasteiger partial charge < -0.3 is 5.32 Å². The molecule has 1 saturated carbocycles. The van der Waals surface area contributed by atoms with Crippen LogP contribution in [-0.4, -0.2) is 31.1 Å². The predicted molar refractivity (Wildman–Crippen MR) is 83.7 cm³/mol. The molecule has 6 heteroatoms. The van der Waals surface area contributed by atoms with Gasteiger partial charge >= 0.3 is 6.18 Å². The smallest absolute Gasteiger partial charge is 0.314 e. The molecule has 1 heterocycles. The first-order chi connectivity index (χ1) is 10.4. The number of rotatable bonds is 4. The molecule has 1 saturated heterocycles. The Morgan fingerprint density at radius 3 is 2.50 bits per heavy atom. The molecular formula is C16H20BrF3N2. The second-order valence-electron chi connectivity index (χ2n) is 6.21. The lowest BCUT2D eigenvalue weighted by molar-refractivity contribution is -0.137. The maximum Gasteiger partial charge on any atom is 0.416 e. The summed E-state index contributed by atoms with van der Waals surface area (Å²) in [7, 11) is 0. The fourth-order valence-corrected chi connectivity index (χ4v) is 3.62.